The molecule has 5 heteroatoms. The van der Waals surface area contributed by atoms with E-state index in [2.05, 4.69) is 4.74 Å². The fourth-order valence-electron chi connectivity index (χ4n) is 1.62. The van der Waals surface area contributed by atoms with E-state index in [-0.39, 0.29) is 17.9 Å². The van der Waals surface area contributed by atoms with Gasteiger partial charge in [0, 0.05) is 5.56 Å². The highest BCUT2D eigenvalue weighted by Crippen LogP contribution is 2.22. The molecule has 0 heterocycles. The molecule has 0 aliphatic heterocycles. The first-order valence-electron chi connectivity index (χ1n) is 5.86. The number of hydrogen-bond acceptors (Lipinski definition) is 3. The minimum absolute atomic E-state index is 0.00307. The van der Waals surface area contributed by atoms with E-state index in [0.29, 0.717) is 5.75 Å². The number of benzene rings is 2. The second-order valence-corrected chi connectivity index (χ2v) is 4.00. The fraction of sp³-hybridized carbons (Fsp3) is 0.133. The lowest BCUT2D eigenvalue weighted by molar-refractivity contribution is 0.0920. The Morgan fingerprint density at radius 2 is 1.85 bits per heavy atom. The standard InChI is InChI=1S/C15H12F2O3/c1-19-14-8-10(7-12(16)15(14)17)13(18)9-20-11-5-3-2-4-6-11/h2-8H,9H2,1H3. The molecule has 0 aromatic heterocycles. The van der Waals surface area contributed by atoms with Crippen molar-refractivity contribution in [1.82, 2.24) is 0 Å². The van der Waals surface area contributed by atoms with Crippen LogP contribution in [0.3, 0.4) is 0 Å². The Morgan fingerprint density at radius 3 is 2.50 bits per heavy atom. The molecule has 0 atom stereocenters. The van der Waals surface area contributed by atoms with Crippen molar-refractivity contribution in [1.29, 1.82) is 0 Å². The van der Waals surface area contributed by atoms with Crippen molar-refractivity contribution in [3.05, 3.63) is 59.7 Å². The molecule has 0 unspecified atom stereocenters. The van der Waals surface area contributed by atoms with Crippen LogP contribution in [-0.2, 0) is 0 Å². The van der Waals surface area contributed by atoms with E-state index in [1.54, 1.807) is 24.3 Å². The maximum Gasteiger partial charge on any atom is 0.200 e. The Labute approximate surface area is 114 Å². The minimum atomic E-state index is -1.13. The highest BCUT2D eigenvalue weighted by molar-refractivity contribution is 5.97. The number of para-hydroxylation sites is 1. The topological polar surface area (TPSA) is 35.5 Å². The van der Waals surface area contributed by atoms with Gasteiger partial charge in [0.15, 0.2) is 24.0 Å². The summed E-state index contributed by atoms with van der Waals surface area (Å²) in [6, 6.07) is 10.7. The minimum Gasteiger partial charge on any atom is -0.494 e. The van der Waals surface area contributed by atoms with Gasteiger partial charge < -0.3 is 9.47 Å². The van der Waals surface area contributed by atoms with Gasteiger partial charge in [0.05, 0.1) is 7.11 Å². The normalized spacial score (nSPS) is 10.2. The summed E-state index contributed by atoms with van der Waals surface area (Å²) in [5.74, 6) is -2.50. The van der Waals surface area contributed by atoms with Crippen LogP contribution in [0.25, 0.3) is 0 Å². The van der Waals surface area contributed by atoms with Gasteiger partial charge in [-0.3, -0.25) is 4.79 Å². The molecule has 0 bridgehead atoms. The number of hydrogen-bond donors (Lipinski definition) is 0. The average molecular weight is 278 g/mol. The number of Topliss-reactive ketones (excluding diaryl/α,β-unsaturated/α-hetero) is 1. The molecule has 2 aromatic rings. The Bertz CT molecular complexity index is 612. The third-order valence-corrected chi connectivity index (χ3v) is 2.65. The monoisotopic (exact) mass is 278 g/mol. The number of carbonyl (C=O) groups excluding carboxylic acids is 1. The molecule has 0 aliphatic carbocycles. The fourth-order valence-corrected chi connectivity index (χ4v) is 1.62. The molecule has 0 radical (unpaired) electrons. The molecular weight excluding hydrogens is 266 g/mol. The molecule has 3 nitrogen and oxygen atoms in total. The zero-order valence-corrected chi connectivity index (χ0v) is 10.7. The Balaban J connectivity index is 2.11. The van der Waals surface area contributed by atoms with Crippen molar-refractivity contribution in [2.75, 3.05) is 13.7 Å². The van der Waals surface area contributed by atoms with Crippen molar-refractivity contribution in [3.63, 3.8) is 0 Å². The Morgan fingerprint density at radius 1 is 1.15 bits per heavy atom. The van der Waals surface area contributed by atoms with Gasteiger partial charge in [-0.05, 0) is 24.3 Å². The summed E-state index contributed by atoms with van der Waals surface area (Å²) in [5.41, 5.74) is -0.00307. The Hall–Kier alpha value is -2.43. The van der Waals surface area contributed by atoms with Gasteiger partial charge in [-0.15, -0.1) is 0 Å². The first-order valence-corrected chi connectivity index (χ1v) is 5.86. The van der Waals surface area contributed by atoms with Gasteiger partial charge in [0.1, 0.15) is 5.75 Å². The SMILES string of the molecule is COc1cc(C(=O)COc2ccccc2)cc(F)c1F. The third-order valence-electron chi connectivity index (χ3n) is 2.65. The quantitative estimate of drug-likeness (QED) is 0.788. The van der Waals surface area contributed by atoms with Crippen molar-refractivity contribution in [2.45, 2.75) is 0 Å². The molecule has 0 aliphatic rings. The van der Waals surface area contributed by atoms with Gasteiger partial charge in [0.2, 0.25) is 5.82 Å². The van der Waals surface area contributed by atoms with Crippen LogP contribution in [0.5, 0.6) is 11.5 Å². The second-order valence-electron chi connectivity index (χ2n) is 4.00. The molecule has 0 fully saturated rings. The van der Waals surface area contributed by atoms with Crippen LogP contribution in [0.1, 0.15) is 10.4 Å². The van der Waals surface area contributed by atoms with Crippen molar-refractivity contribution in [2.24, 2.45) is 0 Å². The smallest absolute Gasteiger partial charge is 0.200 e. The molecule has 0 amide bonds. The van der Waals surface area contributed by atoms with E-state index in [1.807, 2.05) is 6.07 Å². The molecule has 0 saturated heterocycles. The summed E-state index contributed by atoms with van der Waals surface area (Å²) in [4.78, 5) is 11.9. The highest BCUT2D eigenvalue weighted by Gasteiger charge is 2.16. The van der Waals surface area contributed by atoms with E-state index >= 15 is 0 Å². The zero-order valence-electron chi connectivity index (χ0n) is 10.7. The first-order chi connectivity index (χ1) is 9.61. The van der Waals surface area contributed by atoms with Crippen LogP contribution in [0.2, 0.25) is 0 Å². The predicted octanol–water partition coefficient (Wildman–Crippen LogP) is 3.24. The van der Waals surface area contributed by atoms with Crippen molar-refractivity contribution < 1.29 is 23.0 Å². The molecule has 0 N–H and O–H groups in total. The van der Waals surface area contributed by atoms with Gasteiger partial charge in [-0.2, -0.15) is 4.39 Å². The predicted molar refractivity (Wildman–Crippen MR) is 69.2 cm³/mol. The third kappa shape index (κ3) is 3.12. The summed E-state index contributed by atoms with van der Waals surface area (Å²) in [7, 11) is 1.20. The number of methoxy groups -OCH3 is 1. The maximum absolute atomic E-state index is 13.3. The van der Waals surface area contributed by atoms with Gasteiger partial charge in [-0.25, -0.2) is 4.39 Å². The lowest BCUT2D eigenvalue weighted by atomic mass is 10.1. The van der Waals surface area contributed by atoms with Crippen LogP contribution in [-0.4, -0.2) is 19.5 Å². The Kier molecular flexibility index (Phi) is 4.30. The summed E-state index contributed by atoms with van der Waals surface area (Å²) >= 11 is 0. The molecule has 0 spiro atoms. The molecule has 20 heavy (non-hydrogen) atoms. The van der Waals surface area contributed by atoms with E-state index in [9.17, 15) is 13.6 Å². The zero-order chi connectivity index (χ0) is 14.5. The molecular formula is C15H12F2O3. The van der Waals surface area contributed by atoms with Crippen molar-refractivity contribution in [3.8, 4) is 11.5 Å². The van der Waals surface area contributed by atoms with Crippen molar-refractivity contribution >= 4 is 5.78 Å². The van der Waals surface area contributed by atoms with Gasteiger partial charge in [0.25, 0.3) is 0 Å². The van der Waals surface area contributed by atoms with E-state index in [1.165, 1.54) is 7.11 Å². The van der Waals surface area contributed by atoms with Crippen LogP contribution in [0.4, 0.5) is 8.78 Å². The maximum atomic E-state index is 13.3. The average Bonchev–Trinajstić information content (AvgIpc) is 2.48. The lowest BCUT2D eigenvalue weighted by Crippen LogP contribution is -2.12. The van der Waals surface area contributed by atoms with Crippen LogP contribution >= 0.6 is 0 Å². The van der Waals surface area contributed by atoms with Crippen LogP contribution in [0, 0.1) is 11.6 Å². The van der Waals surface area contributed by atoms with E-state index in [0.717, 1.165) is 12.1 Å². The largest absolute Gasteiger partial charge is 0.494 e. The molecule has 104 valence electrons. The summed E-state index contributed by atoms with van der Waals surface area (Å²) in [6.45, 7) is -0.266. The number of ether oxygens (including phenoxy) is 2. The van der Waals surface area contributed by atoms with Gasteiger partial charge in [-0.1, -0.05) is 18.2 Å². The highest BCUT2D eigenvalue weighted by atomic mass is 19.2. The number of rotatable bonds is 5. The molecule has 0 saturated carbocycles. The van der Waals surface area contributed by atoms with E-state index in [4.69, 9.17) is 4.74 Å². The summed E-state index contributed by atoms with van der Waals surface area (Å²) in [6.07, 6.45) is 0. The summed E-state index contributed by atoms with van der Waals surface area (Å²) in [5, 5.41) is 0. The lowest BCUT2D eigenvalue weighted by Gasteiger charge is -2.08. The van der Waals surface area contributed by atoms with E-state index < -0.39 is 17.4 Å². The van der Waals surface area contributed by atoms with Crippen LogP contribution in [0.15, 0.2) is 42.5 Å². The number of ketones is 1. The number of halogens is 2. The first kappa shape index (κ1) is 14.0. The number of carbonyl (C=O) groups is 1. The van der Waals surface area contributed by atoms with Crippen LogP contribution < -0.4 is 9.47 Å². The van der Waals surface area contributed by atoms with Gasteiger partial charge >= 0.3 is 0 Å². The summed E-state index contributed by atoms with van der Waals surface area (Å²) < 4.78 is 36.5. The molecule has 2 aromatic carbocycles. The second kappa shape index (κ2) is 6.14. The molecule has 2 rings (SSSR count).